The molecule has 0 amide bonds. The molecule has 3 rings (SSSR count). The number of nitrogens with zero attached hydrogens (tertiary/aromatic N) is 1. The van der Waals surface area contributed by atoms with Crippen molar-refractivity contribution in [2.75, 3.05) is 6.61 Å². The summed E-state index contributed by atoms with van der Waals surface area (Å²) in [5.74, 6) is 0.671. The van der Waals surface area contributed by atoms with Gasteiger partial charge < -0.3 is 4.74 Å². The summed E-state index contributed by atoms with van der Waals surface area (Å²) in [7, 11) is 0. The van der Waals surface area contributed by atoms with E-state index in [1.54, 1.807) is 0 Å². The van der Waals surface area contributed by atoms with Gasteiger partial charge in [-0.3, -0.25) is 0 Å². The van der Waals surface area contributed by atoms with Gasteiger partial charge in [0.1, 0.15) is 6.61 Å². The standard InChI is InChI=1S/C17H15Cl2NO/c1-17(2)10-21-16(20-17)12-6-3-5-11(9-12)15-13(18)7-4-8-14(15)19/h3-9H,10H2,1-2H3. The smallest absolute Gasteiger partial charge is 0.216 e. The van der Waals surface area contributed by atoms with E-state index in [1.165, 1.54) is 0 Å². The van der Waals surface area contributed by atoms with E-state index in [1.807, 2.05) is 42.5 Å². The van der Waals surface area contributed by atoms with Gasteiger partial charge in [0, 0.05) is 21.2 Å². The third-order valence-corrected chi connectivity index (χ3v) is 3.96. The SMILES string of the molecule is CC1(C)COC(c2cccc(-c3c(Cl)cccc3Cl)c2)=N1. The molecular formula is C17H15Cl2NO. The summed E-state index contributed by atoms with van der Waals surface area (Å²) in [5.41, 5.74) is 2.56. The molecule has 0 fully saturated rings. The second-order valence-electron chi connectivity index (χ2n) is 5.70. The fourth-order valence-corrected chi connectivity index (χ4v) is 2.93. The molecular weight excluding hydrogens is 305 g/mol. The van der Waals surface area contributed by atoms with Gasteiger partial charge in [-0.1, -0.05) is 41.4 Å². The van der Waals surface area contributed by atoms with E-state index in [4.69, 9.17) is 27.9 Å². The van der Waals surface area contributed by atoms with E-state index in [2.05, 4.69) is 18.8 Å². The summed E-state index contributed by atoms with van der Waals surface area (Å²) >= 11 is 12.6. The van der Waals surface area contributed by atoms with Crippen LogP contribution < -0.4 is 0 Å². The fourth-order valence-electron chi connectivity index (χ4n) is 2.31. The number of rotatable bonds is 2. The number of hydrogen-bond donors (Lipinski definition) is 0. The van der Waals surface area contributed by atoms with Gasteiger partial charge in [0.15, 0.2) is 0 Å². The molecule has 2 nitrogen and oxygen atoms in total. The van der Waals surface area contributed by atoms with E-state index in [0.717, 1.165) is 16.7 Å². The molecule has 4 heteroatoms. The molecule has 1 aliphatic heterocycles. The predicted octanol–water partition coefficient (Wildman–Crippen LogP) is 5.22. The highest BCUT2D eigenvalue weighted by Crippen LogP contribution is 2.35. The maximum absolute atomic E-state index is 6.28. The lowest BCUT2D eigenvalue weighted by Crippen LogP contribution is -2.17. The molecule has 0 aromatic heterocycles. The van der Waals surface area contributed by atoms with Crippen LogP contribution in [-0.2, 0) is 4.74 Å². The molecule has 0 saturated carbocycles. The Balaban J connectivity index is 2.06. The molecule has 2 aromatic rings. The molecule has 0 atom stereocenters. The van der Waals surface area contributed by atoms with Crippen LogP contribution in [0.1, 0.15) is 19.4 Å². The minimum absolute atomic E-state index is 0.173. The number of benzene rings is 2. The Morgan fingerprint density at radius 2 is 1.62 bits per heavy atom. The van der Waals surface area contributed by atoms with Crippen LogP contribution in [0.2, 0.25) is 10.0 Å². The largest absolute Gasteiger partial charge is 0.475 e. The highest BCUT2D eigenvalue weighted by Gasteiger charge is 2.27. The first-order valence-corrected chi connectivity index (χ1v) is 7.49. The quantitative estimate of drug-likeness (QED) is 0.744. The Morgan fingerprint density at radius 1 is 1.00 bits per heavy atom. The summed E-state index contributed by atoms with van der Waals surface area (Å²) in [5, 5.41) is 1.27. The van der Waals surface area contributed by atoms with Gasteiger partial charge in [0.25, 0.3) is 0 Å². The van der Waals surface area contributed by atoms with Crippen molar-refractivity contribution in [3.05, 3.63) is 58.1 Å². The summed E-state index contributed by atoms with van der Waals surface area (Å²) < 4.78 is 5.69. The van der Waals surface area contributed by atoms with Crippen LogP contribution in [0.3, 0.4) is 0 Å². The minimum Gasteiger partial charge on any atom is -0.475 e. The van der Waals surface area contributed by atoms with Gasteiger partial charge in [-0.15, -0.1) is 0 Å². The molecule has 108 valence electrons. The van der Waals surface area contributed by atoms with Crippen LogP contribution in [-0.4, -0.2) is 18.0 Å². The molecule has 0 saturated heterocycles. The average molecular weight is 320 g/mol. The lowest BCUT2D eigenvalue weighted by Gasteiger charge is -2.09. The number of halogens is 2. The van der Waals surface area contributed by atoms with Crippen molar-refractivity contribution >= 4 is 29.1 Å². The van der Waals surface area contributed by atoms with Gasteiger partial charge in [0.2, 0.25) is 5.90 Å². The van der Waals surface area contributed by atoms with Crippen molar-refractivity contribution in [3.8, 4) is 11.1 Å². The van der Waals surface area contributed by atoms with E-state index < -0.39 is 0 Å². The van der Waals surface area contributed by atoms with Crippen molar-refractivity contribution < 1.29 is 4.74 Å². The normalized spacial score (nSPS) is 16.5. The van der Waals surface area contributed by atoms with Crippen LogP contribution in [0.4, 0.5) is 0 Å². The van der Waals surface area contributed by atoms with Crippen LogP contribution in [0.5, 0.6) is 0 Å². The van der Waals surface area contributed by atoms with Crippen LogP contribution >= 0.6 is 23.2 Å². The number of ether oxygens (including phenoxy) is 1. The lowest BCUT2D eigenvalue weighted by molar-refractivity contribution is 0.279. The Labute approximate surface area is 134 Å². The second-order valence-corrected chi connectivity index (χ2v) is 6.51. The number of hydrogen-bond acceptors (Lipinski definition) is 2. The fraction of sp³-hybridized carbons (Fsp3) is 0.235. The van der Waals surface area contributed by atoms with Crippen molar-refractivity contribution in [1.82, 2.24) is 0 Å². The monoisotopic (exact) mass is 319 g/mol. The molecule has 0 spiro atoms. The maximum Gasteiger partial charge on any atom is 0.216 e. The summed E-state index contributed by atoms with van der Waals surface area (Å²) in [6.07, 6.45) is 0. The van der Waals surface area contributed by atoms with Gasteiger partial charge in [-0.25, -0.2) is 4.99 Å². The second kappa shape index (κ2) is 5.36. The van der Waals surface area contributed by atoms with Gasteiger partial charge in [-0.2, -0.15) is 0 Å². The molecule has 21 heavy (non-hydrogen) atoms. The maximum atomic E-state index is 6.28. The van der Waals surface area contributed by atoms with Crippen molar-refractivity contribution in [1.29, 1.82) is 0 Å². The predicted molar refractivity (Wildman–Crippen MR) is 88.5 cm³/mol. The van der Waals surface area contributed by atoms with E-state index in [9.17, 15) is 0 Å². The molecule has 0 aliphatic carbocycles. The van der Waals surface area contributed by atoms with Gasteiger partial charge in [0.05, 0.1) is 5.54 Å². The molecule has 0 unspecified atom stereocenters. The first-order valence-electron chi connectivity index (χ1n) is 6.74. The molecule has 1 aliphatic rings. The van der Waals surface area contributed by atoms with Crippen molar-refractivity contribution in [3.63, 3.8) is 0 Å². The zero-order chi connectivity index (χ0) is 15.0. The summed E-state index contributed by atoms with van der Waals surface area (Å²) in [4.78, 5) is 4.60. The molecule has 2 aromatic carbocycles. The topological polar surface area (TPSA) is 21.6 Å². The summed E-state index contributed by atoms with van der Waals surface area (Å²) in [6.45, 7) is 4.70. The lowest BCUT2D eigenvalue weighted by atomic mass is 10.0. The van der Waals surface area contributed by atoms with Gasteiger partial charge in [-0.05, 0) is 43.7 Å². The highest BCUT2D eigenvalue weighted by atomic mass is 35.5. The van der Waals surface area contributed by atoms with E-state index in [-0.39, 0.29) is 5.54 Å². The Hall–Kier alpha value is -1.51. The van der Waals surface area contributed by atoms with Crippen LogP contribution in [0, 0.1) is 0 Å². The number of aliphatic imine (C=N–C) groups is 1. The third-order valence-electron chi connectivity index (χ3n) is 3.33. The van der Waals surface area contributed by atoms with Crippen molar-refractivity contribution in [2.24, 2.45) is 4.99 Å². The van der Waals surface area contributed by atoms with E-state index in [0.29, 0.717) is 22.5 Å². The third kappa shape index (κ3) is 2.92. The molecule has 1 heterocycles. The molecule has 0 bridgehead atoms. The Morgan fingerprint density at radius 3 is 2.24 bits per heavy atom. The van der Waals surface area contributed by atoms with Crippen LogP contribution in [0.25, 0.3) is 11.1 Å². The molecule has 0 radical (unpaired) electrons. The van der Waals surface area contributed by atoms with Crippen molar-refractivity contribution in [2.45, 2.75) is 19.4 Å². The molecule has 0 N–H and O–H groups in total. The minimum atomic E-state index is -0.173. The highest BCUT2D eigenvalue weighted by molar-refractivity contribution is 6.39. The van der Waals surface area contributed by atoms with E-state index >= 15 is 0 Å². The zero-order valence-electron chi connectivity index (χ0n) is 11.9. The average Bonchev–Trinajstić information content (AvgIpc) is 2.79. The van der Waals surface area contributed by atoms with Crippen LogP contribution in [0.15, 0.2) is 47.5 Å². The van der Waals surface area contributed by atoms with Gasteiger partial charge >= 0.3 is 0 Å². The first kappa shape index (κ1) is 14.4. The Kier molecular flexibility index (Phi) is 3.68. The zero-order valence-corrected chi connectivity index (χ0v) is 13.4. The Bertz CT molecular complexity index is 702. The summed E-state index contributed by atoms with van der Waals surface area (Å²) in [6, 6.07) is 13.4. The first-order chi connectivity index (χ1) is 9.96.